The standard InChI is InChI=1S/C17H15ClFNO3/c1-10-4-3-5-13(8-10)20-16(21)11(2)23-17(22)14-7-6-12(19)9-15(14)18/h3-9,11H,1-2H3,(H,20,21)/t11-/m0/s1. The molecular formula is C17H15ClFNO3. The minimum atomic E-state index is -1.02. The van der Waals surface area contributed by atoms with Crippen LogP contribution in [0.3, 0.4) is 0 Å². The second kappa shape index (κ2) is 7.24. The van der Waals surface area contributed by atoms with Gasteiger partial charge >= 0.3 is 5.97 Å². The highest BCUT2D eigenvalue weighted by atomic mass is 35.5. The molecule has 0 unspecified atom stereocenters. The van der Waals surface area contributed by atoms with Crippen LogP contribution in [0.2, 0.25) is 5.02 Å². The van der Waals surface area contributed by atoms with Crippen molar-refractivity contribution in [1.29, 1.82) is 0 Å². The molecule has 6 heteroatoms. The smallest absolute Gasteiger partial charge is 0.340 e. The molecule has 1 N–H and O–H groups in total. The van der Waals surface area contributed by atoms with E-state index in [-0.39, 0.29) is 10.6 Å². The molecule has 0 aliphatic heterocycles. The van der Waals surface area contributed by atoms with Crippen molar-refractivity contribution in [1.82, 2.24) is 0 Å². The van der Waals surface area contributed by atoms with E-state index in [0.29, 0.717) is 5.69 Å². The molecule has 0 bridgehead atoms. The lowest BCUT2D eigenvalue weighted by Crippen LogP contribution is -2.30. The van der Waals surface area contributed by atoms with E-state index in [9.17, 15) is 14.0 Å². The molecule has 2 aromatic carbocycles. The Hall–Kier alpha value is -2.40. The van der Waals surface area contributed by atoms with Gasteiger partial charge in [0.2, 0.25) is 0 Å². The fraction of sp³-hybridized carbons (Fsp3) is 0.176. The van der Waals surface area contributed by atoms with Crippen LogP contribution in [0.15, 0.2) is 42.5 Å². The first-order chi connectivity index (χ1) is 10.9. The van der Waals surface area contributed by atoms with Gasteiger partial charge in [-0.1, -0.05) is 23.7 Å². The molecule has 0 fully saturated rings. The number of benzene rings is 2. The van der Waals surface area contributed by atoms with Gasteiger partial charge in [0, 0.05) is 5.69 Å². The summed E-state index contributed by atoms with van der Waals surface area (Å²) in [4.78, 5) is 24.0. The maximum atomic E-state index is 13.0. The Balaban J connectivity index is 2.01. The average molecular weight is 336 g/mol. The van der Waals surface area contributed by atoms with E-state index in [1.165, 1.54) is 13.0 Å². The van der Waals surface area contributed by atoms with E-state index >= 15 is 0 Å². The van der Waals surface area contributed by atoms with Crippen LogP contribution in [0.25, 0.3) is 0 Å². The van der Waals surface area contributed by atoms with Gasteiger partial charge in [0.15, 0.2) is 6.10 Å². The first kappa shape index (κ1) is 17.0. The fourth-order valence-electron chi connectivity index (χ4n) is 1.90. The van der Waals surface area contributed by atoms with E-state index in [2.05, 4.69) is 5.32 Å². The van der Waals surface area contributed by atoms with Crippen LogP contribution < -0.4 is 5.32 Å². The van der Waals surface area contributed by atoms with E-state index in [4.69, 9.17) is 16.3 Å². The molecule has 120 valence electrons. The monoisotopic (exact) mass is 335 g/mol. The number of carbonyl (C=O) groups is 2. The summed E-state index contributed by atoms with van der Waals surface area (Å²) in [7, 11) is 0. The zero-order valence-electron chi connectivity index (χ0n) is 12.6. The van der Waals surface area contributed by atoms with Crippen LogP contribution in [0.4, 0.5) is 10.1 Å². The highest BCUT2D eigenvalue weighted by molar-refractivity contribution is 6.33. The van der Waals surface area contributed by atoms with Gasteiger partial charge in [0.25, 0.3) is 5.91 Å². The lowest BCUT2D eigenvalue weighted by atomic mass is 10.2. The van der Waals surface area contributed by atoms with Crippen LogP contribution in [0, 0.1) is 12.7 Å². The average Bonchev–Trinajstić information content (AvgIpc) is 2.46. The third kappa shape index (κ3) is 4.53. The quantitative estimate of drug-likeness (QED) is 0.860. The third-order valence-electron chi connectivity index (χ3n) is 3.09. The summed E-state index contributed by atoms with van der Waals surface area (Å²) in [6.45, 7) is 3.34. The summed E-state index contributed by atoms with van der Waals surface area (Å²) in [5, 5.41) is 2.59. The largest absolute Gasteiger partial charge is 0.449 e. The maximum absolute atomic E-state index is 13.0. The van der Waals surface area contributed by atoms with Gasteiger partial charge in [-0.3, -0.25) is 4.79 Å². The van der Waals surface area contributed by atoms with Crippen LogP contribution in [-0.4, -0.2) is 18.0 Å². The van der Waals surface area contributed by atoms with Crippen molar-refractivity contribution in [3.63, 3.8) is 0 Å². The molecule has 0 saturated heterocycles. The van der Waals surface area contributed by atoms with Crippen molar-refractivity contribution in [2.24, 2.45) is 0 Å². The number of carbonyl (C=O) groups excluding carboxylic acids is 2. The SMILES string of the molecule is Cc1cccc(NC(=O)[C@H](C)OC(=O)c2ccc(F)cc2Cl)c1. The molecule has 0 aliphatic carbocycles. The molecule has 1 amide bonds. The predicted molar refractivity (Wildman–Crippen MR) is 86.1 cm³/mol. The molecule has 2 rings (SSSR count). The Labute approximate surface area is 138 Å². The molecule has 0 radical (unpaired) electrons. The Morgan fingerprint density at radius 1 is 1.22 bits per heavy atom. The van der Waals surface area contributed by atoms with Crippen molar-refractivity contribution in [2.75, 3.05) is 5.32 Å². The van der Waals surface area contributed by atoms with Gasteiger partial charge in [-0.15, -0.1) is 0 Å². The van der Waals surface area contributed by atoms with Crippen molar-refractivity contribution in [3.05, 3.63) is 64.4 Å². The van der Waals surface area contributed by atoms with Gasteiger partial charge < -0.3 is 10.1 Å². The van der Waals surface area contributed by atoms with E-state index in [1.807, 2.05) is 13.0 Å². The molecule has 0 aromatic heterocycles. The first-order valence-corrected chi connectivity index (χ1v) is 7.28. The number of aryl methyl sites for hydroxylation is 1. The number of rotatable bonds is 4. The van der Waals surface area contributed by atoms with Gasteiger partial charge in [0.1, 0.15) is 5.82 Å². The molecule has 0 spiro atoms. The highest BCUT2D eigenvalue weighted by Crippen LogP contribution is 2.19. The predicted octanol–water partition coefficient (Wildman–Crippen LogP) is 3.97. The maximum Gasteiger partial charge on any atom is 0.340 e. The summed E-state index contributed by atoms with van der Waals surface area (Å²) < 4.78 is 18.0. The number of amides is 1. The van der Waals surface area contributed by atoms with Crippen molar-refractivity contribution in [2.45, 2.75) is 20.0 Å². The molecule has 0 heterocycles. The highest BCUT2D eigenvalue weighted by Gasteiger charge is 2.21. The number of ether oxygens (including phenoxy) is 1. The number of nitrogens with one attached hydrogen (secondary N) is 1. The van der Waals surface area contributed by atoms with Gasteiger partial charge in [-0.25, -0.2) is 9.18 Å². The van der Waals surface area contributed by atoms with Crippen LogP contribution in [0.1, 0.15) is 22.8 Å². The van der Waals surface area contributed by atoms with Crippen molar-refractivity contribution in [3.8, 4) is 0 Å². The van der Waals surface area contributed by atoms with Crippen LogP contribution >= 0.6 is 11.6 Å². The van der Waals surface area contributed by atoms with E-state index < -0.39 is 23.8 Å². The lowest BCUT2D eigenvalue weighted by molar-refractivity contribution is -0.123. The summed E-state index contributed by atoms with van der Waals surface area (Å²) in [6, 6.07) is 10.6. The number of anilines is 1. The molecular weight excluding hydrogens is 321 g/mol. The van der Waals surface area contributed by atoms with Crippen molar-refractivity contribution < 1.29 is 18.7 Å². The summed E-state index contributed by atoms with van der Waals surface area (Å²) >= 11 is 5.79. The summed E-state index contributed by atoms with van der Waals surface area (Å²) in [6.07, 6.45) is -1.02. The second-order valence-electron chi connectivity index (χ2n) is 5.03. The molecule has 0 saturated carbocycles. The fourth-order valence-corrected chi connectivity index (χ4v) is 2.14. The van der Waals surface area contributed by atoms with Gasteiger partial charge in [0.05, 0.1) is 10.6 Å². The second-order valence-corrected chi connectivity index (χ2v) is 5.44. The number of halogens is 2. The Bertz CT molecular complexity index is 748. The normalized spacial score (nSPS) is 11.7. The molecule has 1 atom stereocenters. The zero-order chi connectivity index (χ0) is 17.0. The molecule has 2 aromatic rings. The summed E-state index contributed by atoms with van der Waals surface area (Å²) in [5.74, 6) is -1.82. The van der Waals surface area contributed by atoms with Gasteiger partial charge in [-0.2, -0.15) is 0 Å². The van der Waals surface area contributed by atoms with Crippen LogP contribution in [-0.2, 0) is 9.53 Å². The third-order valence-corrected chi connectivity index (χ3v) is 3.40. The minimum Gasteiger partial charge on any atom is -0.449 e. The number of hydrogen-bond donors (Lipinski definition) is 1. The topological polar surface area (TPSA) is 55.4 Å². The summed E-state index contributed by atoms with van der Waals surface area (Å²) in [5.41, 5.74) is 1.60. The molecule has 4 nitrogen and oxygen atoms in total. The molecule has 0 aliphatic rings. The zero-order valence-corrected chi connectivity index (χ0v) is 13.4. The Kier molecular flexibility index (Phi) is 5.34. The first-order valence-electron chi connectivity index (χ1n) is 6.90. The minimum absolute atomic E-state index is 0.00303. The number of esters is 1. The Morgan fingerprint density at radius 2 is 1.96 bits per heavy atom. The van der Waals surface area contributed by atoms with E-state index in [1.54, 1.807) is 18.2 Å². The van der Waals surface area contributed by atoms with Crippen LogP contribution in [0.5, 0.6) is 0 Å². The van der Waals surface area contributed by atoms with Crippen molar-refractivity contribution >= 4 is 29.2 Å². The van der Waals surface area contributed by atoms with Gasteiger partial charge in [-0.05, 0) is 49.7 Å². The number of hydrogen-bond acceptors (Lipinski definition) is 3. The molecule has 23 heavy (non-hydrogen) atoms. The Morgan fingerprint density at radius 3 is 2.61 bits per heavy atom. The lowest BCUT2D eigenvalue weighted by Gasteiger charge is -2.14. The van der Waals surface area contributed by atoms with E-state index in [0.717, 1.165) is 17.7 Å².